The first-order valence-corrected chi connectivity index (χ1v) is 9.53. The van der Waals surface area contributed by atoms with Crippen molar-refractivity contribution in [3.63, 3.8) is 0 Å². The lowest BCUT2D eigenvalue weighted by Crippen LogP contribution is -2.09. The second kappa shape index (κ2) is 8.05. The van der Waals surface area contributed by atoms with Crippen molar-refractivity contribution in [3.8, 4) is 17.2 Å². The Morgan fingerprint density at radius 1 is 1.03 bits per heavy atom. The number of Topliss-reactive ketones (excluding diaryl/α,β-unsaturated/α-hetero) is 1. The fraction of sp³-hybridized carbons (Fsp3) is 0.0833. The molecule has 5 nitrogen and oxygen atoms in total. The van der Waals surface area contributed by atoms with E-state index in [1.54, 1.807) is 56.5 Å². The lowest BCUT2D eigenvalue weighted by atomic mass is 10.0. The van der Waals surface area contributed by atoms with E-state index in [4.69, 9.17) is 25.8 Å². The molecule has 0 saturated carbocycles. The molecule has 1 heterocycles. The Morgan fingerprint density at radius 3 is 2.60 bits per heavy atom. The van der Waals surface area contributed by atoms with E-state index in [1.165, 1.54) is 6.07 Å². The van der Waals surface area contributed by atoms with Crippen molar-refractivity contribution in [3.05, 3.63) is 93.7 Å². The number of halogens is 1. The van der Waals surface area contributed by atoms with Gasteiger partial charge in [-0.2, -0.15) is 0 Å². The molecule has 0 radical (unpaired) electrons. The Balaban J connectivity index is 1.62. The minimum Gasteiger partial charge on any atom is -0.497 e. The van der Waals surface area contributed by atoms with Crippen LogP contribution in [0.15, 0.2) is 66.4 Å². The third-order valence-electron chi connectivity index (χ3n) is 4.64. The van der Waals surface area contributed by atoms with Crippen LogP contribution in [-0.4, -0.2) is 18.9 Å². The molecule has 1 aliphatic rings. The Bertz CT molecular complexity index is 1200. The molecule has 0 fully saturated rings. The SMILES string of the molecule is COc1cccc(/C=C2\Oc3cc(OC(=O)c4ccccc4Cl)cc(C)c3C2=O)c1. The van der Waals surface area contributed by atoms with E-state index >= 15 is 0 Å². The zero-order valence-corrected chi connectivity index (χ0v) is 17.0. The number of carbonyl (C=O) groups excluding carboxylic acids is 2. The quantitative estimate of drug-likeness (QED) is 0.317. The van der Waals surface area contributed by atoms with Crippen LogP contribution in [0, 0.1) is 6.92 Å². The van der Waals surface area contributed by atoms with Crippen LogP contribution in [0.4, 0.5) is 0 Å². The first-order valence-electron chi connectivity index (χ1n) is 9.16. The molecule has 0 atom stereocenters. The van der Waals surface area contributed by atoms with Gasteiger partial charge in [0.25, 0.3) is 0 Å². The molecule has 6 heteroatoms. The van der Waals surface area contributed by atoms with Crippen LogP contribution < -0.4 is 14.2 Å². The number of benzene rings is 3. The molecule has 150 valence electrons. The maximum atomic E-state index is 12.8. The number of rotatable bonds is 4. The van der Waals surface area contributed by atoms with Crippen LogP contribution in [0.3, 0.4) is 0 Å². The van der Waals surface area contributed by atoms with E-state index < -0.39 is 5.97 Å². The van der Waals surface area contributed by atoms with Gasteiger partial charge in [0.1, 0.15) is 17.2 Å². The molecule has 30 heavy (non-hydrogen) atoms. The summed E-state index contributed by atoms with van der Waals surface area (Å²) in [5.74, 6) is 0.668. The minimum atomic E-state index is -0.587. The lowest BCUT2D eigenvalue weighted by molar-refractivity contribution is 0.0734. The predicted octanol–water partition coefficient (Wildman–Crippen LogP) is 5.49. The number of ketones is 1. The number of methoxy groups -OCH3 is 1. The monoisotopic (exact) mass is 420 g/mol. The Hall–Kier alpha value is -3.57. The zero-order valence-electron chi connectivity index (χ0n) is 16.3. The first-order chi connectivity index (χ1) is 14.5. The molecule has 3 aromatic carbocycles. The second-order valence-electron chi connectivity index (χ2n) is 6.70. The third-order valence-corrected chi connectivity index (χ3v) is 4.97. The maximum Gasteiger partial charge on any atom is 0.345 e. The molecular formula is C24H17ClO5. The average Bonchev–Trinajstić information content (AvgIpc) is 3.04. The lowest BCUT2D eigenvalue weighted by Gasteiger charge is -2.08. The number of hydrogen-bond donors (Lipinski definition) is 0. The van der Waals surface area contributed by atoms with E-state index in [-0.39, 0.29) is 22.9 Å². The summed E-state index contributed by atoms with van der Waals surface area (Å²) in [6, 6.07) is 17.1. The van der Waals surface area contributed by atoms with Crippen molar-refractivity contribution in [2.75, 3.05) is 7.11 Å². The number of aryl methyl sites for hydroxylation is 1. The summed E-state index contributed by atoms with van der Waals surface area (Å²) in [6.45, 7) is 1.77. The van der Waals surface area contributed by atoms with Crippen molar-refractivity contribution in [1.82, 2.24) is 0 Å². The van der Waals surface area contributed by atoms with Crippen LogP contribution in [-0.2, 0) is 0 Å². The van der Waals surface area contributed by atoms with Gasteiger partial charge in [0.2, 0.25) is 5.78 Å². The van der Waals surface area contributed by atoms with Crippen LogP contribution in [0.2, 0.25) is 5.02 Å². The van der Waals surface area contributed by atoms with E-state index in [1.807, 2.05) is 18.2 Å². The summed E-state index contributed by atoms with van der Waals surface area (Å²) in [5.41, 5.74) is 2.12. The van der Waals surface area contributed by atoms with Gasteiger partial charge in [-0.25, -0.2) is 4.79 Å². The second-order valence-corrected chi connectivity index (χ2v) is 7.11. The van der Waals surface area contributed by atoms with Crippen LogP contribution in [0.5, 0.6) is 17.2 Å². The number of ether oxygens (including phenoxy) is 3. The summed E-state index contributed by atoms with van der Waals surface area (Å²) in [4.78, 5) is 25.3. The normalized spacial score (nSPS) is 13.7. The molecule has 3 aromatic rings. The number of esters is 1. The number of allylic oxidation sites excluding steroid dienone is 1. The number of fused-ring (bicyclic) bond motifs is 1. The van der Waals surface area contributed by atoms with Gasteiger partial charge in [0, 0.05) is 6.07 Å². The maximum absolute atomic E-state index is 12.8. The summed E-state index contributed by atoms with van der Waals surface area (Å²) in [6.07, 6.45) is 1.65. The number of carbonyl (C=O) groups is 2. The fourth-order valence-corrected chi connectivity index (χ4v) is 3.42. The highest BCUT2D eigenvalue weighted by atomic mass is 35.5. The molecule has 0 unspecified atom stereocenters. The van der Waals surface area contributed by atoms with Gasteiger partial charge in [-0.3, -0.25) is 4.79 Å². The molecular weight excluding hydrogens is 404 g/mol. The highest BCUT2D eigenvalue weighted by Crippen LogP contribution is 2.38. The van der Waals surface area contributed by atoms with Crippen LogP contribution in [0.1, 0.15) is 31.8 Å². The van der Waals surface area contributed by atoms with E-state index in [0.29, 0.717) is 27.6 Å². The summed E-state index contributed by atoms with van der Waals surface area (Å²) in [7, 11) is 1.58. The summed E-state index contributed by atoms with van der Waals surface area (Å²) >= 11 is 6.06. The predicted molar refractivity (Wildman–Crippen MR) is 114 cm³/mol. The molecule has 0 aliphatic carbocycles. The van der Waals surface area contributed by atoms with Crippen LogP contribution >= 0.6 is 11.6 Å². The minimum absolute atomic E-state index is 0.191. The van der Waals surface area contributed by atoms with Gasteiger partial charge in [0.05, 0.1) is 23.3 Å². The molecule has 1 aliphatic heterocycles. The molecule has 0 saturated heterocycles. The Morgan fingerprint density at radius 2 is 1.83 bits per heavy atom. The van der Waals surface area contributed by atoms with Crippen LogP contribution in [0.25, 0.3) is 6.08 Å². The highest BCUT2D eigenvalue weighted by Gasteiger charge is 2.30. The molecule has 0 N–H and O–H groups in total. The zero-order chi connectivity index (χ0) is 21.3. The third kappa shape index (κ3) is 3.80. The van der Waals surface area contributed by atoms with Gasteiger partial charge in [-0.1, -0.05) is 35.9 Å². The topological polar surface area (TPSA) is 61.8 Å². The molecule has 0 spiro atoms. The highest BCUT2D eigenvalue weighted by molar-refractivity contribution is 6.33. The molecule has 0 bridgehead atoms. The standard InChI is InChI=1S/C24H17ClO5/c1-14-10-17(29-24(27)18-8-3-4-9-19(18)25)13-20-22(14)23(26)21(30-20)12-15-6-5-7-16(11-15)28-2/h3-13H,1-2H3/b21-12-. The largest absolute Gasteiger partial charge is 0.497 e. The molecule has 0 amide bonds. The van der Waals surface area contributed by atoms with Crippen molar-refractivity contribution >= 4 is 29.4 Å². The van der Waals surface area contributed by atoms with E-state index in [2.05, 4.69) is 0 Å². The van der Waals surface area contributed by atoms with Crippen molar-refractivity contribution < 1.29 is 23.8 Å². The molecule has 4 rings (SSSR count). The van der Waals surface area contributed by atoms with E-state index in [9.17, 15) is 9.59 Å². The number of hydrogen-bond acceptors (Lipinski definition) is 5. The first kappa shape index (κ1) is 19.7. The summed E-state index contributed by atoms with van der Waals surface area (Å²) < 4.78 is 16.5. The van der Waals surface area contributed by atoms with Crippen molar-refractivity contribution in [2.24, 2.45) is 0 Å². The fourth-order valence-electron chi connectivity index (χ4n) is 3.21. The van der Waals surface area contributed by atoms with Gasteiger partial charge in [0.15, 0.2) is 5.76 Å². The smallest absolute Gasteiger partial charge is 0.345 e. The van der Waals surface area contributed by atoms with Gasteiger partial charge in [-0.15, -0.1) is 0 Å². The average molecular weight is 421 g/mol. The summed E-state index contributed by atoms with van der Waals surface area (Å²) in [5, 5.41) is 0.301. The Kier molecular flexibility index (Phi) is 5.29. The van der Waals surface area contributed by atoms with Gasteiger partial charge < -0.3 is 14.2 Å². The van der Waals surface area contributed by atoms with Crippen molar-refractivity contribution in [1.29, 1.82) is 0 Å². The van der Waals surface area contributed by atoms with Gasteiger partial charge in [-0.05, 0) is 54.5 Å². The Labute approximate surface area is 178 Å². The van der Waals surface area contributed by atoms with Crippen molar-refractivity contribution in [2.45, 2.75) is 6.92 Å². The molecule has 0 aromatic heterocycles. The van der Waals surface area contributed by atoms with Gasteiger partial charge >= 0.3 is 5.97 Å². The van der Waals surface area contributed by atoms with E-state index in [0.717, 1.165) is 5.56 Å².